The Balaban J connectivity index is 1.77. The van der Waals surface area contributed by atoms with E-state index >= 15 is 0 Å². The molecule has 0 unspecified atom stereocenters. The molecule has 2 aliphatic rings. The normalized spacial score (nSPS) is 18.8. The molecule has 0 saturated carbocycles. The van der Waals surface area contributed by atoms with Crippen molar-refractivity contribution in [3.63, 3.8) is 0 Å². The number of nitrogens with one attached hydrogen (secondary N) is 2. The maximum absolute atomic E-state index is 12.8. The van der Waals surface area contributed by atoms with Crippen LogP contribution in [-0.2, 0) is 4.79 Å². The summed E-state index contributed by atoms with van der Waals surface area (Å²) in [6, 6.07) is 2.90. The van der Waals surface area contributed by atoms with E-state index in [4.69, 9.17) is 9.47 Å². The zero-order chi connectivity index (χ0) is 18.2. The van der Waals surface area contributed by atoms with Crippen LogP contribution >= 0.6 is 0 Å². The number of hydrogen-bond acceptors (Lipinski definition) is 5. The molecule has 2 fully saturated rings. The number of amides is 4. The molecule has 0 atom stereocenters. The summed E-state index contributed by atoms with van der Waals surface area (Å²) in [6.07, 6.45) is 0.771. The number of rotatable bonds is 3. The molecule has 8 nitrogen and oxygen atoms in total. The van der Waals surface area contributed by atoms with E-state index in [1.165, 1.54) is 0 Å². The predicted molar refractivity (Wildman–Crippen MR) is 88.8 cm³/mol. The van der Waals surface area contributed by atoms with Crippen LogP contribution in [0.1, 0.15) is 28.8 Å². The fourth-order valence-corrected chi connectivity index (χ4v) is 3.36. The van der Waals surface area contributed by atoms with E-state index in [1.54, 1.807) is 31.3 Å². The number of piperidine rings is 1. The second kappa shape index (κ2) is 6.27. The highest BCUT2D eigenvalue weighted by Gasteiger charge is 2.48. The van der Waals surface area contributed by atoms with Gasteiger partial charge in [0.05, 0.1) is 14.2 Å². The molecule has 0 radical (unpaired) electrons. The average molecular weight is 347 g/mol. The first-order valence-corrected chi connectivity index (χ1v) is 8.05. The number of nitrogens with zero attached hydrogens (tertiary/aromatic N) is 1. The molecule has 8 heteroatoms. The van der Waals surface area contributed by atoms with E-state index in [9.17, 15) is 14.4 Å². The van der Waals surface area contributed by atoms with Gasteiger partial charge in [-0.3, -0.25) is 14.9 Å². The van der Waals surface area contributed by atoms with Gasteiger partial charge < -0.3 is 19.7 Å². The summed E-state index contributed by atoms with van der Waals surface area (Å²) in [5.41, 5.74) is 0.399. The third kappa shape index (κ3) is 2.88. The van der Waals surface area contributed by atoms with Gasteiger partial charge in [0.1, 0.15) is 17.0 Å². The summed E-state index contributed by atoms with van der Waals surface area (Å²) in [7, 11) is 3.09. The standard InChI is InChI=1S/C17H21N3O5/c1-10-12(24-2)8-11(9-13(10)25-3)14(21)20-6-4-17(5-7-20)15(22)18-16(23)19-17/h8-9H,4-7H2,1-3H3,(H2,18,19,22,23). The highest BCUT2D eigenvalue weighted by molar-refractivity contribution is 6.07. The van der Waals surface area contributed by atoms with Crippen LogP contribution in [0, 0.1) is 6.92 Å². The van der Waals surface area contributed by atoms with Crippen molar-refractivity contribution in [3.8, 4) is 11.5 Å². The van der Waals surface area contributed by atoms with Gasteiger partial charge in [0.25, 0.3) is 11.8 Å². The van der Waals surface area contributed by atoms with Gasteiger partial charge in [-0.2, -0.15) is 0 Å². The van der Waals surface area contributed by atoms with Crippen molar-refractivity contribution in [3.05, 3.63) is 23.3 Å². The van der Waals surface area contributed by atoms with Gasteiger partial charge >= 0.3 is 6.03 Å². The quantitative estimate of drug-likeness (QED) is 0.790. The van der Waals surface area contributed by atoms with Gasteiger partial charge in [-0.1, -0.05) is 0 Å². The lowest BCUT2D eigenvalue weighted by atomic mass is 9.87. The molecule has 3 rings (SSSR count). The summed E-state index contributed by atoms with van der Waals surface area (Å²) in [4.78, 5) is 37.9. The Labute approximate surface area is 145 Å². The van der Waals surface area contributed by atoms with Gasteiger partial charge in [0, 0.05) is 24.2 Å². The number of urea groups is 1. The number of hydrogen-bond donors (Lipinski definition) is 2. The second-order valence-electron chi connectivity index (χ2n) is 6.29. The number of carbonyl (C=O) groups is 3. The maximum Gasteiger partial charge on any atom is 0.322 e. The minimum atomic E-state index is -0.892. The van der Waals surface area contributed by atoms with Gasteiger partial charge in [0.2, 0.25) is 0 Å². The number of methoxy groups -OCH3 is 2. The van der Waals surface area contributed by atoms with E-state index < -0.39 is 11.6 Å². The van der Waals surface area contributed by atoms with E-state index in [2.05, 4.69) is 10.6 Å². The molecular weight excluding hydrogens is 326 g/mol. The molecule has 2 aliphatic heterocycles. The van der Waals surface area contributed by atoms with Crippen LogP contribution in [0.5, 0.6) is 11.5 Å². The Hall–Kier alpha value is -2.77. The molecule has 0 aromatic heterocycles. The molecule has 1 spiro atoms. The summed E-state index contributed by atoms with van der Waals surface area (Å²) in [5.74, 6) is 0.691. The first-order valence-electron chi connectivity index (χ1n) is 8.05. The number of imide groups is 1. The van der Waals surface area contributed by atoms with Crippen LogP contribution in [0.25, 0.3) is 0 Å². The summed E-state index contributed by atoms with van der Waals surface area (Å²) in [5, 5.41) is 4.95. The maximum atomic E-state index is 12.8. The van der Waals surface area contributed by atoms with Gasteiger partial charge in [-0.15, -0.1) is 0 Å². The third-order valence-corrected chi connectivity index (χ3v) is 4.92. The zero-order valence-electron chi connectivity index (χ0n) is 14.5. The van der Waals surface area contributed by atoms with Crippen LogP contribution in [0.4, 0.5) is 4.79 Å². The Morgan fingerprint density at radius 1 is 1.12 bits per heavy atom. The lowest BCUT2D eigenvalue weighted by molar-refractivity contribution is -0.125. The SMILES string of the molecule is COc1cc(C(=O)N2CCC3(CC2)NC(=O)NC3=O)cc(OC)c1C. The molecular formula is C17H21N3O5. The topological polar surface area (TPSA) is 97.0 Å². The lowest BCUT2D eigenvalue weighted by Gasteiger charge is -2.37. The summed E-state index contributed by atoms with van der Waals surface area (Å²) in [6.45, 7) is 2.62. The smallest absolute Gasteiger partial charge is 0.322 e. The first kappa shape index (κ1) is 17.1. The number of likely N-dealkylation sites (tertiary alicyclic amines) is 1. The predicted octanol–water partition coefficient (Wildman–Crippen LogP) is 0.826. The highest BCUT2D eigenvalue weighted by Crippen LogP contribution is 2.31. The molecule has 1 aromatic carbocycles. The first-order chi connectivity index (χ1) is 11.9. The lowest BCUT2D eigenvalue weighted by Crippen LogP contribution is -2.55. The molecule has 2 heterocycles. The highest BCUT2D eigenvalue weighted by atomic mass is 16.5. The molecule has 2 saturated heterocycles. The van der Waals surface area contributed by atoms with Crippen LogP contribution in [0.3, 0.4) is 0 Å². The summed E-state index contributed by atoms with van der Waals surface area (Å²) < 4.78 is 10.6. The van der Waals surface area contributed by atoms with Crippen molar-refractivity contribution in [2.75, 3.05) is 27.3 Å². The van der Waals surface area contributed by atoms with E-state index in [0.717, 1.165) is 5.56 Å². The Bertz CT molecular complexity index is 713. The van der Waals surface area contributed by atoms with E-state index in [0.29, 0.717) is 43.0 Å². The third-order valence-electron chi connectivity index (χ3n) is 4.92. The minimum absolute atomic E-state index is 0.156. The van der Waals surface area contributed by atoms with Crippen LogP contribution < -0.4 is 20.1 Å². The van der Waals surface area contributed by atoms with Gasteiger partial charge in [-0.05, 0) is 31.9 Å². The van der Waals surface area contributed by atoms with Crippen LogP contribution in [0.15, 0.2) is 12.1 Å². The van der Waals surface area contributed by atoms with Crippen LogP contribution in [0.2, 0.25) is 0 Å². The van der Waals surface area contributed by atoms with Gasteiger partial charge in [0.15, 0.2) is 0 Å². The number of carbonyl (C=O) groups excluding carboxylic acids is 3. The monoisotopic (exact) mass is 347 g/mol. The number of benzene rings is 1. The average Bonchev–Trinajstić information content (AvgIpc) is 2.88. The molecule has 134 valence electrons. The molecule has 25 heavy (non-hydrogen) atoms. The van der Waals surface area contributed by atoms with Crippen molar-refractivity contribution < 1.29 is 23.9 Å². The molecule has 4 amide bonds. The van der Waals surface area contributed by atoms with E-state index in [1.807, 2.05) is 6.92 Å². The fourth-order valence-electron chi connectivity index (χ4n) is 3.36. The van der Waals surface area contributed by atoms with Crippen molar-refractivity contribution in [1.29, 1.82) is 0 Å². The zero-order valence-corrected chi connectivity index (χ0v) is 14.5. The largest absolute Gasteiger partial charge is 0.496 e. The fraction of sp³-hybridized carbons (Fsp3) is 0.471. The van der Waals surface area contributed by atoms with Crippen molar-refractivity contribution in [1.82, 2.24) is 15.5 Å². The second-order valence-corrected chi connectivity index (χ2v) is 6.29. The Morgan fingerprint density at radius 2 is 1.68 bits per heavy atom. The minimum Gasteiger partial charge on any atom is -0.496 e. The van der Waals surface area contributed by atoms with E-state index in [-0.39, 0.29) is 11.8 Å². The molecule has 0 aliphatic carbocycles. The summed E-state index contributed by atoms with van der Waals surface area (Å²) >= 11 is 0. The number of ether oxygens (including phenoxy) is 2. The molecule has 2 N–H and O–H groups in total. The molecule has 1 aromatic rings. The Morgan fingerprint density at radius 3 is 2.12 bits per heavy atom. The Kier molecular flexibility index (Phi) is 4.28. The van der Waals surface area contributed by atoms with Crippen LogP contribution in [-0.4, -0.2) is 55.6 Å². The molecule has 0 bridgehead atoms. The van der Waals surface area contributed by atoms with Gasteiger partial charge in [-0.25, -0.2) is 4.79 Å². The van der Waals surface area contributed by atoms with Crippen molar-refractivity contribution in [2.24, 2.45) is 0 Å². The van der Waals surface area contributed by atoms with Crippen molar-refractivity contribution in [2.45, 2.75) is 25.3 Å². The van der Waals surface area contributed by atoms with Crippen molar-refractivity contribution >= 4 is 17.8 Å².